The van der Waals surface area contributed by atoms with Gasteiger partial charge in [-0.05, 0) is 26.7 Å². The minimum Gasteiger partial charge on any atom is -0.456 e. The van der Waals surface area contributed by atoms with E-state index in [-0.39, 0.29) is 12.2 Å². The second kappa shape index (κ2) is 5.13. The molecule has 17 heavy (non-hydrogen) atoms. The first-order valence-corrected chi connectivity index (χ1v) is 6.60. The molecular weight excluding hydrogens is 216 g/mol. The maximum Gasteiger partial charge on any atom is 0.170 e. The molecule has 0 amide bonds. The Bertz CT molecular complexity index is 320. The van der Waals surface area contributed by atoms with Crippen molar-refractivity contribution in [2.24, 2.45) is 0 Å². The molecule has 0 aromatic heterocycles. The summed E-state index contributed by atoms with van der Waals surface area (Å²) in [5, 5.41) is 0. The SMILES string of the molecule is CCCC(OC(CCC)C1=C(C)O1)C1=C(C)O1. The Morgan fingerprint density at radius 2 is 1.24 bits per heavy atom. The summed E-state index contributed by atoms with van der Waals surface area (Å²) in [6.07, 6.45) is 4.45. The third kappa shape index (κ3) is 3.03. The quantitative estimate of drug-likeness (QED) is 0.644. The van der Waals surface area contributed by atoms with Crippen molar-refractivity contribution in [1.82, 2.24) is 0 Å². The Morgan fingerprint density at radius 3 is 1.47 bits per heavy atom. The zero-order valence-electron chi connectivity index (χ0n) is 11.2. The van der Waals surface area contributed by atoms with Gasteiger partial charge in [-0.25, -0.2) is 0 Å². The van der Waals surface area contributed by atoms with Gasteiger partial charge < -0.3 is 14.2 Å². The number of rotatable bonds is 8. The minimum atomic E-state index is 0.112. The Balaban J connectivity index is 1.95. The van der Waals surface area contributed by atoms with E-state index in [4.69, 9.17) is 14.2 Å². The summed E-state index contributed by atoms with van der Waals surface area (Å²) < 4.78 is 16.9. The summed E-state index contributed by atoms with van der Waals surface area (Å²) in [5.74, 6) is 4.13. The fraction of sp³-hybridized carbons (Fsp3) is 0.714. The highest BCUT2D eigenvalue weighted by Gasteiger charge is 2.36. The molecule has 0 aromatic rings. The lowest BCUT2D eigenvalue weighted by Gasteiger charge is -2.18. The zero-order chi connectivity index (χ0) is 12.4. The van der Waals surface area contributed by atoms with E-state index in [0.717, 1.165) is 48.7 Å². The van der Waals surface area contributed by atoms with Crippen molar-refractivity contribution in [3.05, 3.63) is 23.0 Å². The predicted octanol–water partition coefficient (Wildman–Crippen LogP) is 3.86. The molecule has 2 unspecified atom stereocenters. The smallest absolute Gasteiger partial charge is 0.170 e. The lowest BCUT2D eigenvalue weighted by atomic mass is 10.1. The van der Waals surface area contributed by atoms with Crippen LogP contribution in [0.3, 0.4) is 0 Å². The fourth-order valence-electron chi connectivity index (χ4n) is 2.11. The largest absolute Gasteiger partial charge is 0.456 e. The first kappa shape index (κ1) is 12.5. The van der Waals surface area contributed by atoms with E-state index < -0.39 is 0 Å². The molecule has 0 aromatic carbocycles. The van der Waals surface area contributed by atoms with E-state index in [9.17, 15) is 0 Å². The van der Waals surface area contributed by atoms with Crippen molar-refractivity contribution in [3.63, 3.8) is 0 Å². The van der Waals surface area contributed by atoms with Gasteiger partial charge in [0, 0.05) is 0 Å². The molecule has 0 aliphatic carbocycles. The van der Waals surface area contributed by atoms with Crippen molar-refractivity contribution in [2.75, 3.05) is 0 Å². The van der Waals surface area contributed by atoms with Crippen LogP contribution in [0.25, 0.3) is 0 Å². The highest BCUT2D eigenvalue weighted by molar-refractivity contribution is 5.23. The lowest BCUT2D eigenvalue weighted by molar-refractivity contribution is 0.00251. The maximum absolute atomic E-state index is 6.15. The van der Waals surface area contributed by atoms with Crippen molar-refractivity contribution in [1.29, 1.82) is 0 Å². The molecule has 0 radical (unpaired) electrons. The number of hydrogen-bond acceptors (Lipinski definition) is 3. The summed E-state index contributed by atoms with van der Waals surface area (Å²) in [6, 6.07) is 0. The van der Waals surface area contributed by atoms with Crippen molar-refractivity contribution >= 4 is 0 Å². The van der Waals surface area contributed by atoms with E-state index in [1.807, 2.05) is 13.8 Å². The molecule has 0 fully saturated rings. The second-order valence-corrected chi connectivity index (χ2v) is 4.74. The van der Waals surface area contributed by atoms with Crippen LogP contribution in [0.5, 0.6) is 0 Å². The van der Waals surface area contributed by atoms with Gasteiger partial charge in [0.15, 0.2) is 11.5 Å². The van der Waals surface area contributed by atoms with E-state index in [1.54, 1.807) is 0 Å². The second-order valence-electron chi connectivity index (χ2n) is 4.74. The molecule has 2 aliphatic heterocycles. The summed E-state index contributed by atoms with van der Waals surface area (Å²) in [5.41, 5.74) is 0. The molecular formula is C14H22O3. The standard InChI is InChI=1S/C14H22O3/c1-5-7-11(13-9(3)15-13)17-12(8-6-2)14-10(4)16-14/h11-12H,5-8H2,1-4H3. The van der Waals surface area contributed by atoms with Gasteiger partial charge in [0.1, 0.15) is 23.7 Å². The summed E-state index contributed by atoms with van der Waals surface area (Å²) in [4.78, 5) is 0. The van der Waals surface area contributed by atoms with E-state index in [0.29, 0.717) is 0 Å². The monoisotopic (exact) mass is 238 g/mol. The Morgan fingerprint density at radius 1 is 0.882 bits per heavy atom. The van der Waals surface area contributed by atoms with Crippen LogP contribution in [0, 0.1) is 0 Å². The molecule has 0 saturated heterocycles. The average Bonchev–Trinajstić information content (AvgIpc) is 3.17. The van der Waals surface area contributed by atoms with Gasteiger partial charge in [-0.1, -0.05) is 26.7 Å². The van der Waals surface area contributed by atoms with E-state index in [2.05, 4.69) is 13.8 Å². The maximum atomic E-state index is 6.15. The first-order valence-electron chi connectivity index (χ1n) is 6.60. The third-order valence-electron chi connectivity index (χ3n) is 3.15. The van der Waals surface area contributed by atoms with E-state index >= 15 is 0 Å². The average molecular weight is 238 g/mol. The lowest BCUT2D eigenvalue weighted by Crippen LogP contribution is -2.21. The molecule has 0 N–H and O–H groups in total. The molecule has 0 saturated carbocycles. The number of allylic oxidation sites excluding steroid dienone is 2. The van der Waals surface area contributed by atoms with Crippen LogP contribution in [-0.4, -0.2) is 12.2 Å². The Hall–Kier alpha value is -0.960. The topological polar surface area (TPSA) is 34.3 Å². The number of hydrogen-bond donors (Lipinski definition) is 0. The molecule has 3 nitrogen and oxygen atoms in total. The molecule has 2 rings (SSSR count). The van der Waals surface area contributed by atoms with Crippen LogP contribution >= 0.6 is 0 Å². The summed E-state index contributed by atoms with van der Waals surface area (Å²) >= 11 is 0. The summed E-state index contributed by atoms with van der Waals surface area (Å²) in [6.45, 7) is 8.33. The minimum absolute atomic E-state index is 0.112. The van der Waals surface area contributed by atoms with Crippen molar-refractivity contribution in [2.45, 2.75) is 65.6 Å². The van der Waals surface area contributed by atoms with Gasteiger partial charge in [-0.3, -0.25) is 0 Å². The first-order chi connectivity index (χ1) is 8.17. The molecule has 2 heterocycles. The van der Waals surface area contributed by atoms with E-state index in [1.165, 1.54) is 0 Å². The van der Waals surface area contributed by atoms with Crippen molar-refractivity contribution < 1.29 is 14.2 Å². The predicted molar refractivity (Wildman–Crippen MR) is 66.0 cm³/mol. The molecule has 96 valence electrons. The molecule has 0 spiro atoms. The molecule has 2 aliphatic rings. The van der Waals surface area contributed by atoms with Gasteiger partial charge in [0.2, 0.25) is 0 Å². The van der Waals surface area contributed by atoms with Gasteiger partial charge in [0.05, 0.1) is 0 Å². The molecule has 0 bridgehead atoms. The van der Waals surface area contributed by atoms with Gasteiger partial charge >= 0.3 is 0 Å². The highest BCUT2D eigenvalue weighted by Crippen LogP contribution is 2.38. The zero-order valence-corrected chi connectivity index (χ0v) is 11.2. The van der Waals surface area contributed by atoms with Crippen LogP contribution in [0.1, 0.15) is 53.4 Å². The van der Waals surface area contributed by atoms with Crippen molar-refractivity contribution in [3.8, 4) is 0 Å². The highest BCUT2D eigenvalue weighted by atomic mass is 16.6. The third-order valence-corrected chi connectivity index (χ3v) is 3.15. The number of ether oxygens (including phenoxy) is 3. The van der Waals surface area contributed by atoms with Crippen LogP contribution in [0.4, 0.5) is 0 Å². The van der Waals surface area contributed by atoms with Gasteiger partial charge in [-0.2, -0.15) is 0 Å². The molecule has 3 heteroatoms. The Labute approximate surface area is 103 Å². The molecule has 2 atom stereocenters. The van der Waals surface area contributed by atoms with Crippen LogP contribution < -0.4 is 0 Å². The normalized spacial score (nSPS) is 20.9. The van der Waals surface area contributed by atoms with Gasteiger partial charge in [-0.15, -0.1) is 0 Å². The Kier molecular flexibility index (Phi) is 3.77. The summed E-state index contributed by atoms with van der Waals surface area (Å²) in [7, 11) is 0. The fourth-order valence-corrected chi connectivity index (χ4v) is 2.11. The van der Waals surface area contributed by atoms with Crippen LogP contribution in [0.15, 0.2) is 23.0 Å². The van der Waals surface area contributed by atoms with Gasteiger partial charge in [0.25, 0.3) is 0 Å². The van der Waals surface area contributed by atoms with Crippen LogP contribution in [0.2, 0.25) is 0 Å². The van der Waals surface area contributed by atoms with Crippen LogP contribution in [-0.2, 0) is 14.2 Å².